The van der Waals surface area contributed by atoms with Crippen LogP contribution in [0.15, 0.2) is 110 Å². The van der Waals surface area contributed by atoms with E-state index in [1.165, 1.54) is 12.1 Å². The van der Waals surface area contributed by atoms with Crippen molar-refractivity contribution in [1.29, 1.82) is 0 Å². The molecule has 1 saturated heterocycles. The first-order valence-corrected chi connectivity index (χ1v) is 18.6. The molecule has 0 radical (unpaired) electrons. The Morgan fingerprint density at radius 1 is 0.576 bits per heavy atom. The lowest BCUT2D eigenvalue weighted by atomic mass is 9.97. The average Bonchev–Trinajstić information content (AvgIpc) is 3.22. The van der Waals surface area contributed by atoms with E-state index in [2.05, 4.69) is 30.6 Å². The number of carbonyl (C=O) groups excluding carboxylic acids is 3. The molecule has 0 bridgehead atoms. The molecule has 3 amide bonds. The molecule has 0 unspecified atom stereocenters. The monoisotopic (exact) mass is 797 g/mol. The summed E-state index contributed by atoms with van der Waals surface area (Å²) in [5, 5.41) is 15.0. The van der Waals surface area contributed by atoms with Crippen molar-refractivity contribution in [2.24, 2.45) is 0 Å². The molecule has 3 heterocycles. The van der Waals surface area contributed by atoms with Gasteiger partial charge in [0.25, 0.3) is 23.6 Å². The van der Waals surface area contributed by atoms with Crippen LogP contribution in [-0.4, -0.2) is 72.6 Å². The van der Waals surface area contributed by atoms with E-state index in [1.54, 1.807) is 62.9 Å². The fourth-order valence-electron chi connectivity index (χ4n) is 6.02. The Balaban J connectivity index is 0.000000201. The number of aromatic nitrogens is 4. The van der Waals surface area contributed by atoms with E-state index in [-0.39, 0.29) is 41.6 Å². The zero-order valence-electron chi connectivity index (χ0n) is 32.8. The van der Waals surface area contributed by atoms with Crippen molar-refractivity contribution in [2.45, 2.75) is 46.7 Å². The molecule has 7 rings (SSSR count). The molecule has 0 spiro atoms. The van der Waals surface area contributed by atoms with E-state index in [1.807, 2.05) is 62.4 Å². The summed E-state index contributed by atoms with van der Waals surface area (Å²) in [5.41, 5.74) is 7.51. The second-order valence-corrected chi connectivity index (χ2v) is 14.3. The van der Waals surface area contributed by atoms with E-state index >= 15 is 0 Å². The molecular formula is C45H41F2N7O5. The summed E-state index contributed by atoms with van der Waals surface area (Å²) in [6.07, 6.45) is 6.55. The normalized spacial score (nSPS) is 12.7. The summed E-state index contributed by atoms with van der Waals surface area (Å²) in [6.45, 7) is 6.74. The minimum atomic E-state index is -2.86. The lowest BCUT2D eigenvalue weighted by molar-refractivity contribution is -0.113. The van der Waals surface area contributed by atoms with E-state index in [0.29, 0.717) is 28.3 Å². The van der Waals surface area contributed by atoms with Crippen LogP contribution < -0.4 is 10.6 Å². The number of carboxylic acid groups (broad SMARTS) is 1. The van der Waals surface area contributed by atoms with Gasteiger partial charge in [0.2, 0.25) is 0 Å². The van der Waals surface area contributed by atoms with Crippen molar-refractivity contribution in [2.75, 3.05) is 13.1 Å². The number of hydrogen-bond donors (Lipinski definition) is 3. The van der Waals surface area contributed by atoms with Crippen molar-refractivity contribution >= 4 is 23.7 Å². The molecule has 0 atom stereocenters. The van der Waals surface area contributed by atoms with E-state index < -0.39 is 30.9 Å². The fraction of sp³-hybridized carbons (Fsp3) is 0.200. The van der Waals surface area contributed by atoms with Gasteiger partial charge in [0.1, 0.15) is 11.6 Å². The number of alkyl halides is 2. The summed E-state index contributed by atoms with van der Waals surface area (Å²) >= 11 is 0. The van der Waals surface area contributed by atoms with Gasteiger partial charge in [-0.3, -0.25) is 14.4 Å². The van der Waals surface area contributed by atoms with Crippen molar-refractivity contribution in [3.05, 3.63) is 166 Å². The lowest BCUT2D eigenvalue weighted by Crippen LogP contribution is -2.58. The standard InChI is InChI=1S/C24H22F2N4O2.C21H19N3O3/c1-15-3-5-18(6-4-15)19-7-20(22(31)29-12-17-10-27-16(2)28-11-17)9-21(8-19)23(32)30-13-24(25,26)14-30;1-13-3-5-16(6-4-13)17-7-18(9-19(8-17)21(26)27)20(25)24-12-15-10-22-14(2)23-11-15/h3-11H,12-14H2,1-2H3,(H,29,31);3-11H,12H2,1-2H3,(H,24,25)(H,26,27). The number of likely N-dealkylation sites (tertiary alicyclic amines) is 1. The van der Waals surface area contributed by atoms with Gasteiger partial charge < -0.3 is 20.6 Å². The molecule has 3 N–H and O–H groups in total. The third kappa shape index (κ3) is 11.0. The van der Waals surface area contributed by atoms with Crippen LogP contribution in [0.2, 0.25) is 0 Å². The fourth-order valence-corrected chi connectivity index (χ4v) is 6.02. The van der Waals surface area contributed by atoms with Crippen LogP contribution in [-0.2, 0) is 13.1 Å². The Hall–Kier alpha value is -7.22. The third-order valence-corrected chi connectivity index (χ3v) is 9.36. The predicted molar refractivity (Wildman–Crippen MR) is 217 cm³/mol. The Labute approximate surface area is 339 Å². The highest BCUT2D eigenvalue weighted by Crippen LogP contribution is 2.30. The van der Waals surface area contributed by atoms with Crippen molar-refractivity contribution < 1.29 is 33.1 Å². The maximum Gasteiger partial charge on any atom is 0.335 e. The number of carbonyl (C=O) groups is 4. The first-order chi connectivity index (χ1) is 28.1. The molecule has 300 valence electrons. The molecule has 2 aromatic heterocycles. The molecule has 0 aliphatic carbocycles. The maximum atomic E-state index is 13.3. The minimum absolute atomic E-state index is 0.0666. The highest BCUT2D eigenvalue weighted by atomic mass is 19.3. The molecule has 0 saturated carbocycles. The molecule has 1 fully saturated rings. The van der Waals surface area contributed by atoms with Gasteiger partial charge in [-0.2, -0.15) is 0 Å². The maximum absolute atomic E-state index is 13.3. The molecule has 59 heavy (non-hydrogen) atoms. The number of carboxylic acids is 1. The Morgan fingerprint density at radius 2 is 0.949 bits per heavy atom. The second-order valence-electron chi connectivity index (χ2n) is 14.3. The molecule has 1 aliphatic rings. The topological polar surface area (TPSA) is 167 Å². The molecule has 14 heteroatoms. The van der Waals surface area contributed by atoms with Gasteiger partial charge in [0.05, 0.1) is 18.7 Å². The summed E-state index contributed by atoms with van der Waals surface area (Å²) in [7, 11) is 0. The predicted octanol–water partition coefficient (Wildman–Crippen LogP) is 7.17. The smallest absolute Gasteiger partial charge is 0.335 e. The molecule has 6 aromatic rings. The van der Waals surface area contributed by atoms with Crippen molar-refractivity contribution in [1.82, 2.24) is 35.5 Å². The van der Waals surface area contributed by atoms with Crippen LogP contribution in [0.25, 0.3) is 22.3 Å². The number of aryl methyl sites for hydroxylation is 4. The van der Waals surface area contributed by atoms with Crippen molar-refractivity contribution in [3.63, 3.8) is 0 Å². The average molecular weight is 798 g/mol. The van der Waals surface area contributed by atoms with E-state index in [4.69, 9.17) is 0 Å². The highest BCUT2D eigenvalue weighted by molar-refractivity contribution is 6.02. The lowest BCUT2D eigenvalue weighted by Gasteiger charge is -2.38. The van der Waals surface area contributed by atoms with Crippen LogP contribution in [0.3, 0.4) is 0 Å². The van der Waals surface area contributed by atoms with Crippen LogP contribution >= 0.6 is 0 Å². The second kappa shape index (κ2) is 17.9. The summed E-state index contributed by atoms with van der Waals surface area (Å²) in [4.78, 5) is 67.1. The Morgan fingerprint density at radius 3 is 1.34 bits per heavy atom. The van der Waals surface area contributed by atoms with Gasteiger partial charge in [-0.25, -0.2) is 33.5 Å². The number of nitrogens with one attached hydrogen (secondary N) is 2. The summed E-state index contributed by atoms with van der Waals surface area (Å²) in [6, 6.07) is 24.7. The first kappa shape index (κ1) is 41.4. The number of rotatable bonds is 10. The number of halogens is 2. The van der Waals surface area contributed by atoms with Gasteiger partial charge in [-0.1, -0.05) is 59.7 Å². The van der Waals surface area contributed by atoms with Crippen molar-refractivity contribution in [3.8, 4) is 22.3 Å². The number of benzene rings is 4. The summed E-state index contributed by atoms with van der Waals surface area (Å²) in [5.74, 6) is -3.92. The SMILES string of the molecule is Cc1ccc(-c2cc(C(=O)NCc3cnc(C)nc3)cc(C(=O)N3CC(F)(F)C3)c2)cc1.Cc1ccc(-c2cc(C(=O)O)cc(C(=O)NCc3cnc(C)nc3)c2)cc1. The zero-order valence-corrected chi connectivity index (χ0v) is 32.8. The minimum Gasteiger partial charge on any atom is -0.478 e. The number of aromatic carboxylic acids is 1. The Kier molecular flexibility index (Phi) is 12.6. The largest absolute Gasteiger partial charge is 0.478 e. The number of amides is 3. The molecule has 4 aromatic carbocycles. The first-order valence-electron chi connectivity index (χ1n) is 18.6. The molecular weight excluding hydrogens is 757 g/mol. The van der Waals surface area contributed by atoms with Crippen LogP contribution in [0, 0.1) is 27.7 Å². The summed E-state index contributed by atoms with van der Waals surface area (Å²) < 4.78 is 26.5. The quantitative estimate of drug-likeness (QED) is 0.130. The third-order valence-electron chi connectivity index (χ3n) is 9.36. The number of hydrogen-bond acceptors (Lipinski definition) is 8. The Bertz CT molecular complexity index is 2490. The van der Waals surface area contributed by atoms with Crippen LogP contribution in [0.5, 0.6) is 0 Å². The van der Waals surface area contributed by atoms with Crippen LogP contribution in [0.4, 0.5) is 8.78 Å². The van der Waals surface area contributed by atoms with Gasteiger partial charge >= 0.3 is 5.97 Å². The van der Waals surface area contributed by atoms with Crippen LogP contribution in [0.1, 0.15) is 75.3 Å². The van der Waals surface area contributed by atoms with Gasteiger partial charge in [-0.05, 0) is 86.3 Å². The van der Waals surface area contributed by atoms with Gasteiger partial charge in [0, 0.05) is 65.7 Å². The van der Waals surface area contributed by atoms with Gasteiger partial charge in [0.15, 0.2) is 0 Å². The van der Waals surface area contributed by atoms with Gasteiger partial charge in [-0.15, -0.1) is 0 Å². The van der Waals surface area contributed by atoms with E-state index in [0.717, 1.165) is 38.3 Å². The zero-order chi connectivity index (χ0) is 42.3. The molecule has 12 nitrogen and oxygen atoms in total. The number of nitrogens with zero attached hydrogens (tertiary/aromatic N) is 5. The van der Waals surface area contributed by atoms with E-state index in [9.17, 15) is 33.1 Å². The molecule has 1 aliphatic heterocycles. The highest BCUT2D eigenvalue weighted by Gasteiger charge is 2.46.